The minimum atomic E-state index is -0.733. The zero-order chi connectivity index (χ0) is 15.1. The maximum Gasteiger partial charge on any atom is 0.303 e. The van der Waals surface area contributed by atoms with Gasteiger partial charge >= 0.3 is 5.97 Å². The van der Waals surface area contributed by atoms with Crippen LogP contribution in [0.2, 0.25) is 0 Å². The van der Waals surface area contributed by atoms with E-state index in [9.17, 15) is 9.59 Å². The molecular formula is C15H28N2O3. The van der Waals surface area contributed by atoms with Crippen LogP contribution in [0.15, 0.2) is 0 Å². The smallest absolute Gasteiger partial charge is 0.303 e. The molecule has 1 aliphatic heterocycles. The molecule has 1 rings (SSSR count). The molecule has 5 nitrogen and oxygen atoms in total. The van der Waals surface area contributed by atoms with Crippen LogP contribution in [0.25, 0.3) is 0 Å². The van der Waals surface area contributed by atoms with Gasteiger partial charge in [-0.25, -0.2) is 0 Å². The van der Waals surface area contributed by atoms with Gasteiger partial charge in [0.15, 0.2) is 0 Å². The van der Waals surface area contributed by atoms with Gasteiger partial charge in [0.25, 0.3) is 0 Å². The maximum atomic E-state index is 12.0. The molecule has 0 spiro atoms. The van der Waals surface area contributed by atoms with E-state index in [-0.39, 0.29) is 18.4 Å². The number of nitrogens with one attached hydrogen (secondary N) is 1. The lowest BCUT2D eigenvalue weighted by molar-refractivity contribution is -0.137. The van der Waals surface area contributed by atoms with Crippen molar-refractivity contribution in [3.05, 3.63) is 0 Å². The van der Waals surface area contributed by atoms with Gasteiger partial charge in [-0.15, -0.1) is 0 Å². The summed E-state index contributed by atoms with van der Waals surface area (Å²) >= 11 is 0. The highest BCUT2D eigenvalue weighted by Crippen LogP contribution is 2.22. The van der Waals surface area contributed by atoms with Crippen LogP contribution in [0.3, 0.4) is 0 Å². The second kappa shape index (κ2) is 8.25. The van der Waals surface area contributed by atoms with E-state index in [1.165, 1.54) is 0 Å². The second-order valence-corrected chi connectivity index (χ2v) is 6.23. The molecule has 0 radical (unpaired) electrons. The number of hydrogen-bond donors (Lipinski definition) is 2. The van der Waals surface area contributed by atoms with Crippen LogP contribution in [-0.4, -0.2) is 47.6 Å². The Labute approximate surface area is 121 Å². The quantitative estimate of drug-likeness (QED) is 0.712. The summed E-state index contributed by atoms with van der Waals surface area (Å²) in [5, 5.41) is 11.7. The molecule has 0 aromatic carbocycles. The van der Waals surface area contributed by atoms with Crippen molar-refractivity contribution in [2.45, 2.75) is 52.5 Å². The molecule has 2 atom stereocenters. The predicted molar refractivity (Wildman–Crippen MR) is 78.5 cm³/mol. The van der Waals surface area contributed by atoms with E-state index >= 15 is 0 Å². The molecule has 20 heavy (non-hydrogen) atoms. The third kappa shape index (κ3) is 5.90. The molecule has 1 fully saturated rings. The Balaban J connectivity index is 2.28. The summed E-state index contributed by atoms with van der Waals surface area (Å²) in [5.74, 6) is 0.363. The fourth-order valence-corrected chi connectivity index (χ4v) is 2.58. The second-order valence-electron chi connectivity index (χ2n) is 6.23. The van der Waals surface area contributed by atoms with Crippen molar-refractivity contribution < 1.29 is 14.7 Å². The Morgan fingerprint density at radius 2 is 2.05 bits per heavy atom. The first-order valence-corrected chi connectivity index (χ1v) is 7.63. The van der Waals surface area contributed by atoms with Crippen molar-refractivity contribution in [2.75, 3.05) is 19.6 Å². The summed E-state index contributed by atoms with van der Waals surface area (Å²) in [7, 11) is 0. The molecule has 0 aromatic heterocycles. The van der Waals surface area contributed by atoms with E-state index in [1.54, 1.807) is 0 Å². The molecule has 2 unspecified atom stereocenters. The van der Waals surface area contributed by atoms with Crippen LogP contribution in [0.4, 0.5) is 0 Å². The number of carboxylic acids is 1. The average molecular weight is 284 g/mol. The number of rotatable bonds is 8. The van der Waals surface area contributed by atoms with Gasteiger partial charge in [0.2, 0.25) is 5.91 Å². The van der Waals surface area contributed by atoms with E-state index in [0.29, 0.717) is 18.3 Å². The van der Waals surface area contributed by atoms with Gasteiger partial charge in [0.1, 0.15) is 0 Å². The van der Waals surface area contributed by atoms with E-state index < -0.39 is 5.97 Å². The topological polar surface area (TPSA) is 69.6 Å². The van der Waals surface area contributed by atoms with Gasteiger partial charge in [0.05, 0.1) is 6.04 Å². The lowest BCUT2D eigenvalue weighted by Gasteiger charge is -2.23. The third-order valence-electron chi connectivity index (χ3n) is 4.03. The molecule has 0 aromatic rings. The molecule has 116 valence electrons. The van der Waals surface area contributed by atoms with Crippen molar-refractivity contribution in [2.24, 2.45) is 11.8 Å². The van der Waals surface area contributed by atoms with Crippen molar-refractivity contribution in [3.8, 4) is 0 Å². The molecule has 1 saturated heterocycles. The van der Waals surface area contributed by atoms with Crippen LogP contribution in [0, 0.1) is 11.8 Å². The van der Waals surface area contributed by atoms with E-state index in [2.05, 4.69) is 24.1 Å². The molecule has 0 aliphatic carbocycles. The zero-order valence-corrected chi connectivity index (χ0v) is 12.9. The highest BCUT2D eigenvalue weighted by molar-refractivity contribution is 5.81. The normalized spacial score (nSPS) is 21.1. The minimum Gasteiger partial charge on any atom is -0.481 e. The average Bonchev–Trinajstić information content (AvgIpc) is 2.83. The summed E-state index contributed by atoms with van der Waals surface area (Å²) in [6.07, 6.45) is 2.94. The minimum absolute atomic E-state index is 0.0875. The highest BCUT2D eigenvalue weighted by atomic mass is 16.4. The van der Waals surface area contributed by atoms with Gasteiger partial charge in [-0.05, 0) is 44.6 Å². The van der Waals surface area contributed by atoms with Crippen LogP contribution in [-0.2, 0) is 9.59 Å². The van der Waals surface area contributed by atoms with E-state index in [0.717, 1.165) is 32.5 Å². The van der Waals surface area contributed by atoms with Crippen molar-refractivity contribution >= 4 is 11.9 Å². The maximum absolute atomic E-state index is 12.0. The predicted octanol–water partition coefficient (Wildman–Crippen LogP) is 1.72. The van der Waals surface area contributed by atoms with Crippen molar-refractivity contribution in [1.29, 1.82) is 0 Å². The van der Waals surface area contributed by atoms with Gasteiger partial charge in [-0.1, -0.05) is 13.8 Å². The summed E-state index contributed by atoms with van der Waals surface area (Å²) < 4.78 is 0. The molecule has 2 N–H and O–H groups in total. The van der Waals surface area contributed by atoms with Crippen LogP contribution in [0.1, 0.15) is 46.5 Å². The number of amides is 1. The molecule has 1 heterocycles. The van der Waals surface area contributed by atoms with Gasteiger partial charge in [-0.3, -0.25) is 14.5 Å². The molecule has 5 heteroatoms. The monoisotopic (exact) mass is 284 g/mol. The molecule has 0 bridgehead atoms. The number of carboxylic acid groups (broad SMARTS) is 1. The Kier molecular flexibility index (Phi) is 6.99. The van der Waals surface area contributed by atoms with Crippen LogP contribution >= 0.6 is 0 Å². The third-order valence-corrected chi connectivity index (χ3v) is 4.03. The van der Waals surface area contributed by atoms with E-state index in [1.807, 2.05) is 6.92 Å². The summed E-state index contributed by atoms with van der Waals surface area (Å²) in [4.78, 5) is 24.8. The number of hydrogen-bond acceptors (Lipinski definition) is 3. The lowest BCUT2D eigenvalue weighted by Crippen LogP contribution is -2.44. The summed E-state index contributed by atoms with van der Waals surface area (Å²) in [6, 6.07) is -0.114. The largest absolute Gasteiger partial charge is 0.481 e. The van der Waals surface area contributed by atoms with Gasteiger partial charge < -0.3 is 10.4 Å². The summed E-state index contributed by atoms with van der Waals surface area (Å²) in [5.41, 5.74) is 0. The number of carbonyl (C=O) groups excluding carboxylic acids is 1. The Bertz CT molecular complexity index is 331. The SMILES string of the molecule is CC(C)CCNC(=O)C(C)N1CCC(CCC(=O)O)C1. The number of carbonyl (C=O) groups is 2. The molecular weight excluding hydrogens is 256 g/mol. The fourth-order valence-electron chi connectivity index (χ4n) is 2.58. The molecule has 0 saturated carbocycles. The first-order valence-electron chi connectivity index (χ1n) is 7.63. The molecule has 1 aliphatic rings. The zero-order valence-electron chi connectivity index (χ0n) is 12.9. The number of nitrogens with zero attached hydrogens (tertiary/aromatic N) is 1. The summed E-state index contributed by atoms with van der Waals surface area (Å²) in [6.45, 7) is 8.68. The van der Waals surface area contributed by atoms with Crippen molar-refractivity contribution in [1.82, 2.24) is 10.2 Å². The first kappa shape index (κ1) is 17.0. The standard InChI is InChI=1S/C15H28N2O3/c1-11(2)6-8-16-15(20)12(3)17-9-7-13(10-17)4-5-14(18)19/h11-13H,4-10H2,1-3H3,(H,16,20)(H,18,19). The first-order chi connectivity index (χ1) is 9.40. The Morgan fingerprint density at radius 1 is 1.35 bits per heavy atom. The van der Waals surface area contributed by atoms with Gasteiger partial charge in [0, 0.05) is 19.5 Å². The highest BCUT2D eigenvalue weighted by Gasteiger charge is 2.29. The van der Waals surface area contributed by atoms with Crippen LogP contribution in [0.5, 0.6) is 0 Å². The van der Waals surface area contributed by atoms with Gasteiger partial charge in [-0.2, -0.15) is 0 Å². The Morgan fingerprint density at radius 3 is 2.65 bits per heavy atom. The van der Waals surface area contributed by atoms with Crippen LogP contribution < -0.4 is 5.32 Å². The van der Waals surface area contributed by atoms with Crippen molar-refractivity contribution in [3.63, 3.8) is 0 Å². The lowest BCUT2D eigenvalue weighted by atomic mass is 10.0. The fraction of sp³-hybridized carbons (Fsp3) is 0.867. The Hall–Kier alpha value is -1.10. The number of likely N-dealkylation sites (tertiary alicyclic amines) is 1. The number of aliphatic carboxylic acids is 1. The van der Waals surface area contributed by atoms with E-state index in [4.69, 9.17) is 5.11 Å². The molecule has 1 amide bonds.